The third kappa shape index (κ3) is 4.37. The minimum Gasteiger partial charge on any atom is -0.378 e. The number of hydrogen-bond donors (Lipinski definition) is 0. The zero-order valence-corrected chi connectivity index (χ0v) is 14.9. The van der Waals surface area contributed by atoms with Crippen LogP contribution in [0.4, 0.5) is 13.2 Å². The third-order valence-corrected chi connectivity index (χ3v) is 5.08. The lowest BCUT2D eigenvalue weighted by atomic mass is 10.0. The van der Waals surface area contributed by atoms with Crippen LogP contribution >= 0.6 is 11.8 Å². The van der Waals surface area contributed by atoms with Gasteiger partial charge < -0.3 is 9.64 Å². The highest BCUT2D eigenvalue weighted by atomic mass is 32.2. The maximum atomic E-state index is 12.8. The fourth-order valence-electron chi connectivity index (χ4n) is 2.54. The number of benzene rings is 1. The average molecular weight is 382 g/mol. The molecule has 1 fully saturated rings. The summed E-state index contributed by atoms with van der Waals surface area (Å²) in [6.07, 6.45) is -1.13. The van der Waals surface area contributed by atoms with Gasteiger partial charge in [0.05, 0.1) is 23.7 Å². The second kappa shape index (κ2) is 7.67. The van der Waals surface area contributed by atoms with E-state index >= 15 is 0 Å². The van der Waals surface area contributed by atoms with Crippen LogP contribution in [0.15, 0.2) is 46.3 Å². The molecule has 0 radical (unpaired) electrons. The number of halogens is 3. The molecule has 0 spiro atoms. The molecule has 2 heterocycles. The number of amides is 1. The van der Waals surface area contributed by atoms with Gasteiger partial charge >= 0.3 is 6.18 Å². The number of alkyl halides is 3. The van der Waals surface area contributed by atoms with Crippen molar-refractivity contribution in [2.24, 2.45) is 4.99 Å². The molecule has 0 bridgehead atoms. The second-order valence-corrected chi connectivity index (χ2v) is 6.87. The Hall–Kier alpha value is -2.06. The molecule has 138 valence electrons. The van der Waals surface area contributed by atoms with Crippen molar-refractivity contribution >= 4 is 28.4 Å². The molecule has 1 aromatic rings. The van der Waals surface area contributed by atoms with Crippen LogP contribution in [0.1, 0.15) is 18.1 Å². The summed E-state index contributed by atoms with van der Waals surface area (Å²) < 4.78 is 43.8. The van der Waals surface area contributed by atoms with Crippen LogP contribution < -0.4 is 0 Å². The van der Waals surface area contributed by atoms with Gasteiger partial charge in [-0.15, -0.1) is 0 Å². The Labute approximate surface area is 153 Å². The SMILES string of the molecule is C/C(=C/C=C1/SC(N2CCOCC2)=NC1=O)c1cccc(C(F)(F)F)c1. The molecule has 0 saturated carbocycles. The van der Waals surface area contributed by atoms with E-state index in [-0.39, 0.29) is 5.91 Å². The Balaban J connectivity index is 1.73. The van der Waals surface area contributed by atoms with E-state index in [0.29, 0.717) is 47.5 Å². The third-order valence-electron chi connectivity index (χ3n) is 4.02. The molecule has 2 aliphatic heterocycles. The van der Waals surface area contributed by atoms with E-state index < -0.39 is 11.7 Å². The molecule has 8 heteroatoms. The zero-order chi connectivity index (χ0) is 18.7. The largest absolute Gasteiger partial charge is 0.416 e. The molecule has 0 N–H and O–H groups in total. The first-order valence-corrected chi connectivity index (χ1v) is 8.86. The van der Waals surface area contributed by atoms with Gasteiger partial charge in [-0.05, 0) is 48.0 Å². The summed E-state index contributed by atoms with van der Waals surface area (Å²) in [7, 11) is 0. The molecule has 4 nitrogen and oxygen atoms in total. The Kier molecular flexibility index (Phi) is 5.52. The molecule has 0 aliphatic carbocycles. The van der Waals surface area contributed by atoms with Gasteiger partial charge in [-0.25, -0.2) is 0 Å². The van der Waals surface area contributed by atoms with Crippen LogP contribution in [0.3, 0.4) is 0 Å². The molecule has 26 heavy (non-hydrogen) atoms. The van der Waals surface area contributed by atoms with E-state index in [9.17, 15) is 18.0 Å². The first-order valence-electron chi connectivity index (χ1n) is 8.04. The minimum atomic E-state index is -4.38. The van der Waals surface area contributed by atoms with Gasteiger partial charge in [-0.1, -0.05) is 18.2 Å². The Morgan fingerprint density at radius 2 is 2.04 bits per heavy atom. The fraction of sp³-hybridized carbons (Fsp3) is 0.333. The summed E-state index contributed by atoms with van der Waals surface area (Å²) in [5, 5.41) is 0.648. The van der Waals surface area contributed by atoms with E-state index in [1.54, 1.807) is 25.1 Å². The number of rotatable bonds is 2. The number of carbonyl (C=O) groups is 1. The molecule has 2 aliphatic rings. The highest BCUT2D eigenvalue weighted by molar-refractivity contribution is 8.18. The van der Waals surface area contributed by atoms with Crippen LogP contribution in [0.5, 0.6) is 0 Å². The highest BCUT2D eigenvalue weighted by Crippen LogP contribution is 2.32. The molecule has 0 unspecified atom stereocenters. The van der Waals surface area contributed by atoms with E-state index in [1.807, 2.05) is 4.90 Å². The van der Waals surface area contributed by atoms with Crippen molar-refractivity contribution in [3.8, 4) is 0 Å². The summed E-state index contributed by atoms with van der Waals surface area (Å²) in [6.45, 7) is 4.28. The first kappa shape index (κ1) is 18.7. The number of nitrogens with zero attached hydrogens (tertiary/aromatic N) is 2. The topological polar surface area (TPSA) is 41.9 Å². The lowest BCUT2D eigenvalue weighted by Crippen LogP contribution is -2.38. The van der Waals surface area contributed by atoms with Gasteiger partial charge in [0.2, 0.25) is 0 Å². The van der Waals surface area contributed by atoms with Crippen molar-refractivity contribution in [1.29, 1.82) is 0 Å². The van der Waals surface area contributed by atoms with Gasteiger partial charge in [0.1, 0.15) is 0 Å². The van der Waals surface area contributed by atoms with Crippen molar-refractivity contribution in [3.63, 3.8) is 0 Å². The number of carbonyl (C=O) groups excluding carboxylic acids is 1. The van der Waals surface area contributed by atoms with Gasteiger partial charge in [-0.2, -0.15) is 18.2 Å². The highest BCUT2D eigenvalue weighted by Gasteiger charge is 2.30. The number of aliphatic imine (C=N–C) groups is 1. The van der Waals surface area contributed by atoms with Crippen molar-refractivity contribution < 1.29 is 22.7 Å². The lowest BCUT2D eigenvalue weighted by Gasteiger charge is -2.27. The van der Waals surface area contributed by atoms with Crippen molar-refractivity contribution in [2.75, 3.05) is 26.3 Å². The second-order valence-electron chi connectivity index (χ2n) is 5.86. The fourth-order valence-corrected chi connectivity index (χ4v) is 3.45. The molecule has 3 rings (SSSR count). The summed E-state index contributed by atoms with van der Waals surface area (Å²) in [6, 6.07) is 5.12. The van der Waals surface area contributed by atoms with E-state index in [4.69, 9.17) is 4.74 Å². The predicted molar refractivity (Wildman–Crippen MR) is 95.6 cm³/mol. The maximum absolute atomic E-state index is 12.8. The maximum Gasteiger partial charge on any atom is 0.416 e. The Morgan fingerprint density at radius 3 is 2.73 bits per heavy atom. The van der Waals surface area contributed by atoms with Crippen LogP contribution in [0.25, 0.3) is 5.57 Å². The number of ether oxygens (including phenoxy) is 1. The number of amidine groups is 1. The monoisotopic (exact) mass is 382 g/mol. The smallest absolute Gasteiger partial charge is 0.378 e. The summed E-state index contributed by atoms with van der Waals surface area (Å²) in [5.74, 6) is -0.329. The van der Waals surface area contributed by atoms with E-state index in [2.05, 4.69) is 4.99 Å². The zero-order valence-electron chi connectivity index (χ0n) is 14.0. The van der Waals surface area contributed by atoms with Crippen molar-refractivity contribution in [1.82, 2.24) is 4.90 Å². The Morgan fingerprint density at radius 1 is 1.31 bits per heavy atom. The van der Waals surface area contributed by atoms with Crippen LogP contribution in [-0.4, -0.2) is 42.3 Å². The first-order chi connectivity index (χ1) is 12.3. The summed E-state index contributed by atoms with van der Waals surface area (Å²) in [5.41, 5.74) is 0.401. The minimum absolute atomic E-state index is 0.329. The van der Waals surface area contributed by atoms with Crippen molar-refractivity contribution in [3.05, 3.63) is 52.4 Å². The molecule has 0 aromatic heterocycles. The summed E-state index contributed by atoms with van der Waals surface area (Å²) in [4.78, 5) is 18.6. The number of morpholine rings is 1. The molecule has 0 atom stereocenters. The van der Waals surface area contributed by atoms with Gasteiger partial charge in [0.15, 0.2) is 5.17 Å². The lowest BCUT2D eigenvalue weighted by molar-refractivity contribution is -0.137. The van der Waals surface area contributed by atoms with E-state index in [0.717, 1.165) is 12.1 Å². The van der Waals surface area contributed by atoms with Gasteiger partial charge in [0.25, 0.3) is 5.91 Å². The molecule has 1 saturated heterocycles. The standard InChI is InChI=1S/C18H17F3N2O2S/c1-12(13-3-2-4-14(11-13)18(19,20)21)5-6-15-16(24)22-17(26-15)23-7-9-25-10-8-23/h2-6,11H,7-10H2,1H3/b12-5-,15-6+. The molecular formula is C18H17F3N2O2S. The quantitative estimate of drug-likeness (QED) is 0.727. The Bertz CT molecular complexity index is 794. The normalized spacial score (nSPS) is 20.7. The number of allylic oxidation sites excluding steroid dienone is 3. The molecule has 1 amide bonds. The summed E-state index contributed by atoms with van der Waals surface area (Å²) >= 11 is 1.28. The number of hydrogen-bond acceptors (Lipinski definition) is 4. The van der Waals surface area contributed by atoms with Gasteiger partial charge in [0, 0.05) is 13.1 Å². The number of thioether (sulfide) groups is 1. The molecular weight excluding hydrogens is 365 g/mol. The van der Waals surface area contributed by atoms with Crippen molar-refractivity contribution in [2.45, 2.75) is 13.1 Å². The van der Waals surface area contributed by atoms with Gasteiger partial charge in [-0.3, -0.25) is 4.79 Å². The molecule has 1 aromatic carbocycles. The van der Waals surface area contributed by atoms with Crippen LogP contribution in [0, 0.1) is 0 Å². The van der Waals surface area contributed by atoms with Crippen LogP contribution in [0.2, 0.25) is 0 Å². The predicted octanol–water partition coefficient (Wildman–Crippen LogP) is 3.95. The average Bonchev–Trinajstić information content (AvgIpc) is 3.00. The van der Waals surface area contributed by atoms with E-state index in [1.165, 1.54) is 17.8 Å². The van der Waals surface area contributed by atoms with Crippen LogP contribution in [-0.2, 0) is 15.7 Å².